The minimum Gasteiger partial charge on any atom is -0.307 e. The molecule has 0 fully saturated rings. The molecule has 2 aromatic carbocycles. The molecule has 0 atom stereocenters. The number of alkyl halides is 3. The van der Waals surface area contributed by atoms with E-state index in [-0.39, 0.29) is 27.1 Å². The van der Waals surface area contributed by atoms with Crippen LogP contribution in [0.5, 0.6) is 0 Å². The lowest BCUT2D eigenvalue weighted by molar-refractivity contribution is -0.137. The molecule has 3 aromatic rings. The number of hydrogen-bond donors (Lipinski definition) is 1. The SMILES string of the molecule is CCS(=O)(=O)c1ccc(Br)cc1Cn1c(=O)[nH]c2ccc(C(F)(F)F)cc2c1=O. The minimum atomic E-state index is -4.66. The van der Waals surface area contributed by atoms with Crippen LogP contribution in [0.2, 0.25) is 0 Å². The third-order valence-electron chi connectivity index (χ3n) is 4.38. The predicted molar refractivity (Wildman–Crippen MR) is 105 cm³/mol. The zero-order valence-corrected chi connectivity index (χ0v) is 17.3. The molecule has 0 saturated carbocycles. The first-order valence-corrected chi connectivity index (χ1v) is 10.7. The van der Waals surface area contributed by atoms with E-state index in [0.717, 1.165) is 12.1 Å². The van der Waals surface area contributed by atoms with Gasteiger partial charge in [0.25, 0.3) is 5.56 Å². The number of rotatable bonds is 4. The number of hydrogen-bond acceptors (Lipinski definition) is 4. The molecule has 0 saturated heterocycles. The van der Waals surface area contributed by atoms with E-state index in [0.29, 0.717) is 15.1 Å². The lowest BCUT2D eigenvalue weighted by atomic mass is 10.1. The molecule has 154 valence electrons. The highest BCUT2D eigenvalue weighted by Gasteiger charge is 2.31. The number of nitrogens with one attached hydrogen (secondary N) is 1. The van der Waals surface area contributed by atoms with E-state index in [1.165, 1.54) is 25.1 Å². The summed E-state index contributed by atoms with van der Waals surface area (Å²) in [6, 6.07) is 6.74. The summed E-state index contributed by atoms with van der Waals surface area (Å²) in [6.07, 6.45) is -4.66. The molecular weight excluding hydrogens is 477 g/mol. The molecule has 0 unspecified atom stereocenters. The van der Waals surface area contributed by atoms with Crippen molar-refractivity contribution in [2.45, 2.75) is 24.5 Å². The second-order valence-electron chi connectivity index (χ2n) is 6.24. The van der Waals surface area contributed by atoms with Crippen molar-refractivity contribution in [3.05, 3.63) is 72.8 Å². The van der Waals surface area contributed by atoms with E-state index in [9.17, 15) is 31.2 Å². The molecule has 1 aromatic heterocycles. The average Bonchev–Trinajstić information content (AvgIpc) is 2.64. The largest absolute Gasteiger partial charge is 0.416 e. The highest BCUT2D eigenvalue weighted by atomic mass is 79.9. The van der Waals surface area contributed by atoms with Gasteiger partial charge in [0.2, 0.25) is 0 Å². The summed E-state index contributed by atoms with van der Waals surface area (Å²) in [4.78, 5) is 27.4. The van der Waals surface area contributed by atoms with Crippen molar-refractivity contribution >= 4 is 36.7 Å². The third-order valence-corrected chi connectivity index (χ3v) is 6.70. The molecule has 0 amide bonds. The van der Waals surface area contributed by atoms with Gasteiger partial charge in [-0.15, -0.1) is 0 Å². The van der Waals surface area contributed by atoms with E-state index < -0.39 is 39.4 Å². The molecule has 0 bridgehead atoms. The molecule has 29 heavy (non-hydrogen) atoms. The third kappa shape index (κ3) is 4.15. The lowest BCUT2D eigenvalue weighted by Gasteiger charge is -2.13. The van der Waals surface area contributed by atoms with Crippen LogP contribution >= 0.6 is 15.9 Å². The van der Waals surface area contributed by atoms with Crippen molar-refractivity contribution in [2.24, 2.45) is 0 Å². The number of sulfone groups is 1. The van der Waals surface area contributed by atoms with Crippen molar-refractivity contribution in [2.75, 3.05) is 5.75 Å². The van der Waals surface area contributed by atoms with E-state index in [4.69, 9.17) is 0 Å². The fraction of sp³-hybridized carbons (Fsp3) is 0.222. The molecule has 3 rings (SSSR count). The zero-order chi connectivity index (χ0) is 21.6. The van der Waals surface area contributed by atoms with E-state index >= 15 is 0 Å². The van der Waals surface area contributed by atoms with E-state index in [1.807, 2.05) is 0 Å². The summed E-state index contributed by atoms with van der Waals surface area (Å²) in [5, 5.41) is -0.325. The summed E-state index contributed by atoms with van der Waals surface area (Å²) in [5.41, 5.74) is -2.71. The minimum absolute atomic E-state index is 0.0418. The van der Waals surface area contributed by atoms with Gasteiger partial charge in [-0.25, -0.2) is 13.2 Å². The van der Waals surface area contributed by atoms with Gasteiger partial charge in [-0.2, -0.15) is 13.2 Å². The number of fused-ring (bicyclic) bond motifs is 1. The number of halogens is 4. The van der Waals surface area contributed by atoms with Crippen LogP contribution in [0.15, 0.2) is 55.4 Å². The Hall–Kier alpha value is -2.40. The summed E-state index contributed by atoms with van der Waals surface area (Å²) < 4.78 is 64.9. The van der Waals surface area contributed by atoms with Crippen molar-refractivity contribution < 1.29 is 21.6 Å². The van der Waals surface area contributed by atoms with Crippen LogP contribution in [-0.4, -0.2) is 23.7 Å². The fourth-order valence-electron chi connectivity index (χ4n) is 2.87. The molecule has 0 aliphatic rings. The van der Waals surface area contributed by atoms with Gasteiger partial charge in [0, 0.05) is 4.47 Å². The smallest absolute Gasteiger partial charge is 0.307 e. The molecule has 6 nitrogen and oxygen atoms in total. The summed E-state index contributed by atoms with van der Waals surface area (Å²) in [7, 11) is -3.66. The Balaban J connectivity index is 2.23. The van der Waals surface area contributed by atoms with Gasteiger partial charge < -0.3 is 4.98 Å². The summed E-state index contributed by atoms with van der Waals surface area (Å²) in [5.74, 6) is -0.195. The van der Waals surface area contributed by atoms with Crippen LogP contribution in [-0.2, 0) is 22.6 Å². The van der Waals surface area contributed by atoms with E-state index in [1.54, 1.807) is 0 Å². The first-order chi connectivity index (χ1) is 13.4. The van der Waals surface area contributed by atoms with Gasteiger partial charge in [-0.05, 0) is 42.0 Å². The van der Waals surface area contributed by atoms with Crippen LogP contribution in [0, 0.1) is 0 Å². The van der Waals surface area contributed by atoms with Crippen LogP contribution in [0.1, 0.15) is 18.1 Å². The average molecular weight is 491 g/mol. The zero-order valence-electron chi connectivity index (χ0n) is 14.9. The molecular formula is C18H14BrF3N2O4S. The maximum Gasteiger partial charge on any atom is 0.416 e. The van der Waals surface area contributed by atoms with Gasteiger partial charge in [0.1, 0.15) is 0 Å². The molecule has 0 aliphatic carbocycles. The lowest BCUT2D eigenvalue weighted by Crippen LogP contribution is -2.35. The highest BCUT2D eigenvalue weighted by molar-refractivity contribution is 9.10. The standard InChI is InChI=1S/C18H14BrF3N2O4S/c1-2-29(27,28)15-6-4-12(19)7-10(15)9-24-16(25)13-8-11(18(20,21)22)3-5-14(13)23-17(24)26/h3-8H,2,9H2,1H3,(H,23,26). The number of H-pyrrole nitrogens is 1. The quantitative estimate of drug-likeness (QED) is 0.607. The van der Waals surface area contributed by atoms with Crippen LogP contribution in [0.4, 0.5) is 13.2 Å². The Bertz CT molecular complexity index is 1330. The molecule has 0 spiro atoms. The number of nitrogens with zero attached hydrogens (tertiary/aromatic N) is 1. The Kier molecular flexibility index (Phi) is 5.48. The fourth-order valence-corrected chi connectivity index (χ4v) is 4.39. The van der Waals surface area contributed by atoms with Crippen molar-refractivity contribution in [1.29, 1.82) is 0 Å². The van der Waals surface area contributed by atoms with E-state index in [2.05, 4.69) is 20.9 Å². The molecule has 0 radical (unpaired) electrons. The highest BCUT2D eigenvalue weighted by Crippen LogP contribution is 2.30. The van der Waals surface area contributed by atoms with Gasteiger partial charge >= 0.3 is 11.9 Å². The molecule has 0 aliphatic heterocycles. The summed E-state index contributed by atoms with van der Waals surface area (Å²) >= 11 is 3.21. The Morgan fingerprint density at radius 1 is 1.10 bits per heavy atom. The second kappa shape index (κ2) is 7.45. The van der Waals surface area contributed by atoms with Gasteiger partial charge in [-0.1, -0.05) is 22.9 Å². The van der Waals surface area contributed by atoms with Crippen LogP contribution in [0.3, 0.4) is 0 Å². The number of aromatic amines is 1. The first-order valence-electron chi connectivity index (χ1n) is 8.29. The number of benzene rings is 2. The van der Waals surface area contributed by atoms with Gasteiger partial charge in [0.15, 0.2) is 9.84 Å². The first kappa shape index (κ1) is 21.3. The summed E-state index contributed by atoms with van der Waals surface area (Å²) in [6.45, 7) is 1.03. The Morgan fingerprint density at radius 2 is 1.79 bits per heavy atom. The van der Waals surface area contributed by atoms with Gasteiger partial charge in [-0.3, -0.25) is 9.36 Å². The second-order valence-corrected chi connectivity index (χ2v) is 9.40. The maximum absolute atomic E-state index is 13.0. The van der Waals surface area contributed by atoms with Crippen LogP contribution in [0.25, 0.3) is 10.9 Å². The van der Waals surface area contributed by atoms with Crippen molar-refractivity contribution in [3.8, 4) is 0 Å². The van der Waals surface area contributed by atoms with Crippen molar-refractivity contribution in [1.82, 2.24) is 9.55 Å². The van der Waals surface area contributed by atoms with Gasteiger partial charge in [0.05, 0.1) is 33.7 Å². The topological polar surface area (TPSA) is 89.0 Å². The van der Waals surface area contributed by atoms with Crippen LogP contribution < -0.4 is 11.2 Å². The maximum atomic E-state index is 13.0. The number of aromatic nitrogens is 2. The molecule has 1 N–H and O–H groups in total. The molecule has 1 heterocycles. The molecule has 11 heteroatoms. The normalized spacial score (nSPS) is 12.4. The Morgan fingerprint density at radius 3 is 2.41 bits per heavy atom. The Labute approximate surface area is 171 Å². The predicted octanol–water partition coefficient (Wildman–Crippen LogP) is 3.31. The van der Waals surface area contributed by atoms with Crippen molar-refractivity contribution in [3.63, 3.8) is 0 Å². The monoisotopic (exact) mass is 490 g/mol.